The van der Waals surface area contributed by atoms with Gasteiger partial charge in [-0.1, -0.05) is 24.3 Å². The van der Waals surface area contributed by atoms with Gasteiger partial charge in [-0.05, 0) is 43.0 Å². The quantitative estimate of drug-likeness (QED) is 0.297. The largest absolute Gasteiger partial charge is 0.467 e. The molecule has 3 N–H and O–H groups in total. The fourth-order valence-corrected chi connectivity index (χ4v) is 3.55. The number of benzene rings is 1. The number of aliphatic imine (C=N–C) groups is 1. The molecule has 2 heterocycles. The minimum Gasteiger partial charge on any atom is -0.467 e. The Morgan fingerprint density at radius 1 is 1.23 bits per heavy atom. The topological polar surface area (TPSA) is 82.3 Å². The number of hydrogen-bond acceptors (Lipinski definition) is 5. The molecule has 1 atom stereocenters. The number of guanidine groups is 1. The van der Waals surface area contributed by atoms with Crippen molar-refractivity contribution in [3.8, 4) is 0 Å². The summed E-state index contributed by atoms with van der Waals surface area (Å²) in [6.07, 6.45) is 3.07. The summed E-state index contributed by atoms with van der Waals surface area (Å²) in [5, 5.41) is 17.0. The van der Waals surface area contributed by atoms with Crippen molar-refractivity contribution in [2.75, 3.05) is 39.3 Å². The van der Waals surface area contributed by atoms with Crippen molar-refractivity contribution >= 4 is 5.96 Å². The van der Waals surface area contributed by atoms with Crippen molar-refractivity contribution in [2.45, 2.75) is 39.0 Å². The summed E-state index contributed by atoms with van der Waals surface area (Å²) in [5.74, 6) is 1.57. The Kier molecular flexibility index (Phi) is 9.21. The zero-order chi connectivity index (χ0) is 21.0. The van der Waals surface area contributed by atoms with Crippen LogP contribution in [0.5, 0.6) is 0 Å². The van der Waals surface area contributed by atoms with Crippen LogP contribution in [0.15, 0.2) is 52.1 Å². The lowest BCUT2D eigenvalue weighted by Gasteiger charge is -2.30. The van der Waals surface area contributed by atoms with Crippen molar-refractivity contribution in [3.05, 3.63) is 59.5 Å². The minimum absolute atomic E-state index is 0.377. The number of β-amino-alcohol motifs (C(OH)–C–C–N with tert-alkyl or cyclic N) is 1. The zero-order valence-corrected chi connectivity index (χ0v) is 17.8. The third kappa shape index (κ3) is 7.48. The van der Waals surface area contributed by atoms with Crippen molar-refractivity contribution in [1.82, 2.24) is 15.5 Å². The van der Waals surface area contributed by atoms with Crippen molar-refractivity contribution in [3.63, 3.8) is 0 Å². The van der Waals surface area contributed by atoms with Gasteiger partial charge in [0.1, 0.15) is 12.4 Å². The molecule has 0 saturated carbocycles. The summed E-state index contributed by atoms with van der Waals surface area (Å²) < 4.78 is 10.8. The number of aliphatic hydroxyl groups excluding tert-OH is 1. The van der Waals surface area contributed by atoms with Crippen LogP contribution in [0.1, 0.15) is 30.2 Å². The van der Waals surface area contributed by atoms with Gasteiger partial charge in [0.2, 0.25) is 0 Å². The predicted molar refractivity (Wildman–Crippen MR) is 118 cm³/mol. The van der Waals surface area contributed by atoms with Crippen LogP contribution < -0.4 is 10.6 Å². The van der Waals surface area contributed by atoms with Crippen LogP contribution in [0.2, 0.25) is 0 Å². The predicted octanol–water partition coefficient (Wildman–Crippen LogP) is 2.16. The first-order valence-electron chi connectivity index (χ1n) is 10.8. The highest BCUT2D eigenvalue weighted by Gasteiger charge is 2.18. The van der Waals surface area contributed by atoms with Crippen LogP contribution in [0.4, 0.5) is 0 Å². The maximum absolute atomic E-state index is 10.5. The molecule has 0 aliphatic carbocycles. The van der Waals surface area contributed by atoms with Crippen LogP contribution in [0, 0.1) is 0 Å². The molecule has 0 spiro atoms. The number of aliphatic hydroxyl groups is 1. The smallest absolute Gasteiger partial charge is 0.191 e. The Bertz CT molecular complexity index is 764. The first kappa shape index (κ1) is 22.3. The summed E-state index contributed by atoms with van der Waals surface area (Å²) >= 11 is 0. The molecule has 0 bridgehead atoms. The Balaban J connectivity index is 1.34. The molecule has 0 amide bonds. The SMILES string of the molecule is CCNC(=NCC(O)CN1CCc2ccccc2C1)NCCCOCc1ccco1. The number of ether oxygens (including phenoxy) is 1. The molecular weight excluding hydrogens is 380 g/mol. The first-order valence-corrected chi connectivity index (χ1v) is 10.8. The second-order valence-corrected chi connectivity index (χ2v) is 7.54. The van der Waals surface area contributed by atoms with Gasteiger partial charge in [-0.3, -0.25) is 9.89 Å². The van der Waals surface area contributed by atoms with E-state index in [1.165, 1.54) is 11.1 Å². The molecule has 1 aliphatic heterocycles. The van der Waals surface area contributed by atoms with Crippen LogP contribution >= 0.6 is 0 Å². The first-order chi connectivity index (χ1) is 14.7. The summed E-state index contributed by atoms with van der Waals surface area (Å²) in [4.78, 5) is 6.85. The molecule has 0 saturated heterocycles. The van der Waals surface area contributed by atoms with E-state index in [9.17, 15) is 5.11 Å². The Morgan fingerprint density at radius 3 is 2.90 bits per heavy atom. The van der Waals surface area contributed by atoms with E-state index in [0.717, 1.165) is 50.7 Å². The van der Waals surface area contributed by atoms with E-state index >= 15 is 0 Å². The monoisotopic (exact) mass is 414 g/mol. The van der Waals surface area contributed by atoms with Gasteiger partial charge in [0.25, 0.3) is 0 Å². The van der Waals surface area contributed by atoms with Gasteiger partial charge in [0.15, 0.2) is 5.96 Å². The summed E-state index contributed by atoms with van der Waals surface area (Å²) in [6, 6.07) is 12.3. The molecule has 1 aliphatic rings. The molecule has 30 heavy (non-hydrogen) atoms. The van der Waals surface area contributed by atoms with E-state index < -0.39 is 6.10 Å². The lowest BCUT2D eigenvalue weighted by molar-refractivity contribution is 0.104. The average Bonchev–Trinajstić information content (AvgIpc) is 3.28. The van der Waals surface area contributed by atoms with Crippen molar-refractivity contribution in [2.24, 2.45) is 4.99 Å². The third-order valence-corrected chi connectivity index (χ3v) is 5.07. The molecular formula is C23H34N4O3. The number of fused-ring (bicyclic) bond motifs is 1. The average molecular weight is 415 g/mol. The highest BCUT2D eigenvalue weighted by atomic mass is 16.5. The normalized spacial score (nSPS) is 15.6. The summed E-state index contributed by atoms with van der Waals surface area (Å²) in [6.45, 7) is 7.59. The fourth-order valence-electron chi connectivity index (χ4n) is 3.55. The molecule has 1 unspecified atom stereocenters. The second kappa shape index (κ2) is 12.4. The molecule has 3 rings (SSSR count). The van der Waals surface area contributed by atoms with Gasteiger partial charge in [-0.2, -0.15) is 0 Å². The van der Waals surface area contributed by atoms with Crippen molar-refractivity contribution in [1.29, 1.82) is 0 Å². The van der Waals surface area contributed by atoms with E-state index in [2.05, 4.69) is 44.8 Å². The van der Waals surface area contributed by atoms with Gasteiger partial charge in [0.05, 0.1) is 18.9 Å². The van der Waals surface area contributed by atoms with Crippen molar-refractivity contribution < 1.29 is 14.3 Å². The van der Waals surface area contributed by atoms with Gasteiger partial charge >= 0.3 is 0 Å². The molecule has 7 heteroatoms. The Labute approximate surface area is 179 Å². The maximum Gasteiger partial charge on any atom is 0.191 e. The molecule has 2 aromatic rings. The number of furan rings is 1. The minimum atomic E-state index is -0.484. The zero-order valence-electron chi connectivity index (χ0n) is 17.8. The van der Waals surface area contributed by atoms with Crippen LogP contribution in [0.25, 0.3) is 0 Å². The van der Waals surface area contributed by atoms with E-state index in [4.69, 9.17) is 9.15 Å². The van der Waals surface area contributed by atoms with Crippen LogP contribution in [-0.4, -0.2) is 61.4 Å². The Morgan fingerprint density at radius 2 is 2.10 bits per heavy atom. The third-order valence-electron chi connectivity index (χ3n) is 5.07. The highest BCUT2D eigenvalue weighted by Crippen LogP contribution is 2.18. The second-order valence-electron chi connectivity index (χ2n) is 7.54. The molecule has 0 radical (unpaired) electrons. The summed E-state index contributed by atoms with van der Waals surface area (Å²) in [7, 11) is 0. The van der Waals surface area contributed by atoms with Crippen LogP contribution in [0.3, 0.4) is 0 Å². The standard InChI is InChI=1S/C23H34N4O3/c1-2-24-23(25-11-6-13-29-18-22-9-5-14-30-22)26-15-21(28)17-27-12-10-19-7-3-4-8-20(19)16-27/h3-5,7-9,14,21,28H,2,6,10-13,15-18H2,1H3,(H2,24,25,26). The molecule has 1 aromatic carbocycles. The highest BCUT2D eigenvalue weighted by molar-refractivity contribution is 5.79. The lowest BCUT2D eigenvalue weighted by atomic mass is 10.00. The van der Waals surface area contributed by atoms with E-state index in [1.807, 2.05) is 19.1 Å². The molecule has 7 nitrogen and oxygen atoms in total. The Hall–Kier alpha value is -2.35. The number of hydrogen-bond donors (Lipinski definition) is 3. The molecule has 1 aromatic heterocycles. The molecule has 164 valence electrons. The fraction of sp³-hybridized carbons (Fsp3) is 0.522. The van der Waals surface area contributed by atoms with E-state index in [-0.39, 0.29) is 0 Å². The lowest BCUT2D eigenvalue weighted by Crippen LogP contribution is -2.40. The van der Waals surface area contributed by atoms with E-state index in [1.54, 1.807) is 6.26 Å². The number of nitrogens with zero attached hydrogens (tertiary/aromatic N) is 2. The van der Waals surface area contributed by atoms with E-state index in [0.29, 0.717) is 26.3 Å². The molecule has 0 fully saturated rings. The van der Waals surface area contributed by atoms with Gasteiger partial charge in [-0.15, -0.1) is 0 Å². The summed E-state index contributed by atoms with van der Waals surface area (Å²) in [5.41, 5.74) is 2.79. The maximum atomic E-state index is 10.5. The number of rotatable bonds is 11. The van der Waals surface area contributed by atoms with Gasteiger partial charge < -0.3 is 24.9 Å². The van der Waals surface area contributed by atoms with Crippen LogP contribution in [-0.2, 0) is 24.3 Å². The van der Waals surface area contributed by atoms with Gasteiger partial charge in [-0.25, -0.2) is 0 Å². The number of nitrogens with one attached hydrogen (secondary N) is 2. The van der Waals surface area contributed by atoms with Gasteiger partial charge in [0, 0.05) is 39.3 Å².